The van der Waals surface area contributed by atoms with Crippen molar-refractivity contribution in [2.45, 2.75) is 32.8 Å². The van der Waals surface area contributed by atoms with Crippen LogP contribution >= 0.6 is 25.3 Å². The molecule has 0 atom stereocenters. The Labute approximate surface area is 129 Å². The van der Waals surface area contributed by atoms with Gasteiger partial charge in [0.25, 0.3) is 0 Å². The van der Waals surface area contributed by atoms with Crippen molar-refractivity contribution >= 4 is 35.1 Å². The van der Waals surface area contributed by atoms with Crippen LogP contribution in [0.15, 0.2) is 32.9 Å². The summed E-state index contributed by atoms with van der Waals surface area (Å²) in [6, 6.07) is 5.06. The average molecular weight is 348 g/mol. The molecule has 104 valence electrons. The van der Waals surface area contributed by atoms with E-state index in [2.05, 4.69) is 30.6 Å². The Bertz CT molecular complexity index is 513. The first kappa shape index (κ1) is 16.4. The van der Waals surface area contributed by atoms with Crippen LogP contribution in [0, 0.1) is 0 Å². The van der Waals surface area contributed by atoms with E-state index in [4.69, 9.17) is 0 Å². The minimum atomic E-state index is -3.28. The van der Waals surface area contributed by atoms with Crippen molar-refractivity contribution in [1.82, 2.24) is 5.32 Å². The summed E-state index contributed by atoms with van der Waals surface area (Å²) < 4.78 is 24.9. The molecule has 0 amide bonds. The number of piperidine rings is 1. The second kappa shape index (κ2) is 6.66. The summed E-state index contributed by atoms with van der Waals surface area (Å²) in [6.07, 6.45) is 1.32. The van der Waals surface area contributed by atoms with Crippen molar-refractivity contribution in [3.63, 3.8) is 0 Å². The summed E-state index contributed by atoms with van der Waals surface area (Å²) in [5.74, 6) is 0. The van der Waals surface area contributed by atoms with E-state index in [-0.39, 0.29) is 21.7 Å². The maximum absolute atomic E-state index is 12.4. The van der Waals surface area contributed by atoms with E-state index in [0.717, 1.165) is 13.1 Å². The zero-order valence-corrected chi connectivity index (χ0v) is 13.2. The number of rotatable bonds is 2. The van der Waals surface area contributed by atoms with Gasteiger partial charge in [0.05, 0.1) is 10.1 Å². The van der Waals surface area contributed by atoms with Gasteiger partial charge < -0.3 is 5.32 Å². The largest absolute Gasteiger partial charge is 0.317 e. The summed E-state index contributed by atoms with van der Waals surface area (Å²) in [4.78, 5) is 1.36. The Hall–Kier alpha value is 0.324. The van der Waals surface area contributed by atoms with Gasteiger partial charge in [-0.2, -0.15) is 0 Å². The van der Waals surface area contributed by atoms with Crippen LogP contribution in [0.2, 0.25) is 0 Å². The number of hydrogen-bond donors (Lipinski definition) is 3. The summed E-state index contributed by atoms with van der Waals surface area (Å²) in [6.45, 7) is 1.51. The average Bonchev–Trinajstić information content (AvgIpc) is 2.33. The van der Waals surface area contributed by atoms with E-state index >= 15 is 0 Å². The summed E-state index contributed by atoms with van der Waals surface area (Å²) in [7, 11) is -3.28. The molecule has 1 aromatic carbocycles. The molecule has 1 saturated heterocycles. The maximum atomic E-state index is 12.4. The fraction of sp³-hybridized carbons (Fsp3) is 0.455. The zero-order valence-electron chi connectivity index (χ0n) is 9.57. The molecule has 1 aliphatic heterocycles. The second-order valence-electron chi connectivity index (χ2n) is 4.12. The third-order valence-corrected chi connectivity index (χ3v) is 6.49. The fourth-order valence-electron chi connectivity index (χ4n) is 2.03. The van der Waals surface area contributed by atoms with Gasteiger partial charge >= 0.3 is 0 Å². The van der Waals surface area contributed by atoms with E-state index in [1.807, 2.05) is 0 Å². The van der Waals surface area contributed by atoms with Gasteiger partial charge in [0.2, 0.25) is 0 Å². The molecule has 0 saturated carbocycles. The van der Waals surface area contributed by atoms with Crippen molar-refractivity contribution in [3.8, 4) is 0 Å². The molecule has 0 aliphatic carbocycles. The molecule has 1 N–H and O–H groups in total. The molecule has 0 aromatic heterocycles. The maximum Gasteiger partial charge on any atom is 0.182 e. The molecule has 1 aliphatic rings. The normalized spacial score (nSPS) is 17.2. The predicted octanol–water partition coefficient (Wildman–Crippen LogP) is 1.79. The first-order chi connectivity index (χ1) is 8.03. The van der Waals surface area contributed by atoms with Crippen LogP contribution in [-0.2, 0) is 26.3 Å². The van der Waals surface area contributed by atoms with Gasteiger partial charge in [-0.25, -0.2) is 8.42 Å². The van der Waals surface area contributed by atoms with Crippen molar-refractivity contribution in [3.05, 3.63) is 18.2 Å². The number of thiol groups is 2. The van der Waals surface area contributed by atoms with Crippen molar-refractivity contribution in [2.75, 3.05) is 13.1 Å². The minimum absolute atomic E-state index is 0. The summed E-state index contributed by atoms with van der Waals surface area (Å²) >= 11 is 8.46. The number of sulfone groups is 1. The number of hydrogen-bond acceptors (Lipinski definition) is 5. The van der Waals surface area contributed by atoms with Crippen LogP contribution in [0.5, 0.6) is 0 Å². The summed E-state index contributed by atoms with van der Waals surface area (Å²) in [5, 5.41) is 2.86. The Morgan fingerprint density at radius 3 is 2.39 bits per heavy atom. The first-order valence-electron chi connectivity index (χ1n) is 5.49. The number of benzene rings is 1. The molecular formula is C11H15NNiO2S3. The monoisotopic (exact) mass is 347 g/mol. The van der Waals surface area contributed by atoms with Gasteiger partial charge in [-0.05, 0) is 38.1 Å². The Morgan fingerprint density at radius 1 is 1.17 bits per heavy atom. The molecule has 1 aromatic rings. The third-order valence-electron chi connectivity index (χ3n) is 3.01. The smallest absolute Gasteiger partial charge is 0.182 e. The third kappa shape index (κ3) is 3.25. The van der Waals surface area contributed by atoms with Crippen molar-refractivity contribution < 1.29 is 24.9 Å². The van der Waals surface area contributed by atoms with Crippen molar-refractivity contribution in [1.29, 1.82) is 0 Å². The first-order valence-corrected chi connectivity index (χ1v) is 7.93. The van der Waals surface area contributed by atoms with Gasteiger partial charge in [-0.1, -0.05) is 6.07 Å². The molecule has 7 heteroatoms. The van der Waals surface area contributed by atoms with Crippen LogP contribution in [0.1, 0.15) is 12.8 Å². The van der Waals surface area contributed by atoms with Gasteiger partial charge in [0.1, 0.15) is 0 Å². The minimum Gasteiger partial charge on any atom is -0.317 e. The Morgan fingerprint density at radius 2 is 1.78 bits per heavy atom. The zero-order chi connectivity index (χ0) is 12.5. The molecule has 0 spiro atoms. The van der Waals surface area contributed by atoms with E-state index in [9.17, 15) is 8.42 Å². The molecule has 1 heterocycles. The quantitative estimate of drug-likeness (QED) is 0.564. The van der Waals surface area contributed by atoms with Crippen LogP contribution in [0.3, 0.4) is 0 Å². The second-order valence-corrected chi connectivity index (χ2v) is 7.24. The molecule has 1 fully saturated rings. The van der Waals surface area contributed by atoms with Gasteiger partial charge in [-0.3, -0.25) is 0 Å². The van der Waals surface area contributed by atoms with E-state index in [1.54, 1.807) is 18.2 Å². The van der Waals surface area contributed by atoms with Crippen LogP contribution in [0.25, 0.3) is 0 Å². The van der Waals surface area contributed by atoms with E-state index in [1.165, 1.54) is 0 Å². The van der Waals surface area contributed by atoms with E-state index in [0.29, 0.717) is 27.5 Å². The molecule has 2 rings (SSSR count). The molecule has 0 bridgehead atoms. The molecule has 0 radical (unpaired) electrons. The molecule has 18 heavy (non-hydrogen) atoms. The summed E-state index contributed by atoms with van der Waals surface area (Å²) in [5.41, 5.74) is 0. The molecule has 0 unspecified atom stereocenters. The molecular weight excluding hydrogens is 333 g/mol. The topological polar surface area (TPSA) is 46.2 Å². The Kier molecular flexibility index (Phi) is 6.06. The Balaban J connectivity index is 0.00000162. The van der Waals surface area contributed by atoms with Crippen LogP contribution in [-0.4, -0.2) is 26.8 Å². The SMILES string of the molecule is O=S(=O)(c1cccc(S)c1S)C1CCNCC1.[Ni]. The number of nitrogens with one attached hydrogen (secondary N) is 1. The predicted molar refractivity (Wildman–Crippen MR) is 74.0 cm³/mol. The van der Waals surface area contributed by atoms with Crippen LogP contribution < -0.4 is 5.32 Å². The van der Waals surface area contributed by atoms with Gasteiger partial charge in [0, 0.05) is 26.3 Å². The van der Waals surface area contributed by atoms with E-state index < -0.39 is 9.84 Å². The standard InChI is InChI=1S/C11H15NO2S3.Ni/c13-17(14,8-4-6-12-7-5-8)10-3-1-2-9(15)11(10)16;/h1-3,8,12,15-16H,4-7H2;. The van der Waals surface area contributed by atoms with Crippen LogP contribution in [0.4, 0.5) is 0 Å². The van der Waals surface area contributed by atoms with Gasteiger partial charge in [0.15, 0.2) is 9.84 Å². The fourth-order valence-corrected chi connectivity index (χ4v) is 4.70. The van der Waals surface area contributed by atoms with Gasteiger partial charge in [-0.15, -0.1) is 25.3 Å². The molecule has 3 nitrogen and oxygen atoms in total. The van der Waals surface area contributed by atoms with Crippen molar-refractivity contribution in [2.24, 2.45) is 0 Å².